The highest BCUT2D eigenvalue weighted by Crippen LogP contribution is 2.21. The first-order chi connectivity index (χ1) is 9.63. The van der Waals surface area contributed by atoms with Crippen LogP contribution in [0.25, 0.3) is 5.65 Å². The molecule has 0 radical (unpaired) electrons. The summed E-state index contributed by atoms with van der Waals surface area (Å²) in [5.74, 6) is -0.295. The van der Waals surface area contributed by atoms with Gasteiger partial charge in [0.25, 0.3) is 0 Å². The van der Waals surface area contributed by atoms with E-state index in [-0.39, 0.29) is 6.42 Å². The minimum atomic E-state index is -0.931. The Morgan fingerprint density at radius 3 is 3.00 bits per heavy atom. The highest BCUT2D eigenvalue weighted by Gasteiger charge is 2.14. The van der Waals surface area contributed by atoms with Crippen LogP contribution in [0.4, 0.5) is 11.5 Å². The van der Waals surface area contributed by atoms with Crippen LogP contribution in [-0.4, -0.2) is 30.7 Å². The largest absolute Gasteiger partial charge is 0.481 e. The zero-order valence-electron chi connectivity index (χ0n) is 10.2. The van der Waals surface area contributed by atoms with Crippen LogP contribution in [0.2, 0.25) is 0 Å². The van der Waals surface area contributed by atoms with Gasteiger partial charge in [-0.2, -0.15) is 0 Å². The molecule has 0 spiro atoms. The lowest BCUT2D eigenvalue weighted by Crippen LogP contribution is -2.01. The topological polar surface area (TPSA) is 95.3 Å². The van der Waals surface area contributed by atoms with Gasteiger partial charge in [0.05, 0.1) is 17.8 Å². The van der Waals surface area contributed by atoms with Gasteiger partial charge in [-0.05, 0) is 34.1 Å². The molecule has 3 aromatic rings. The van der Waals surface area contributed by atoms with E-state index in [9.17, 15) is 4.79 Å². The Morgan fingerprint density at radius 1 is 1.45 bits per heavy atom. The van der Waals surface area contributed by atoms with Crippen molar-refractivity contribution >= 4 is 39.1 Å². The number of carbonyl (C=O) groups is 1. The van der Waals surface area contributed by atoms with Crippen molar-refractivity contribution in [2.45, 2.75) is 6.42 Å². The summed E-state index contributed by atoms with van der Waals surface area (Å²) in [6.07, 6.45) is 3.47. The number of aliphatic carboxylic acids is 1. The number of nitrogens with zero attached hydrogens (tertiary/aromatic N) is 3. The molecule has 8 heteroatoms. The molecule has 0 fully saturated rings. The van der Waals surface area contributed by atoms with Crippen LogP contribution in [-0.2, 0) is 11.2 Å². The fourth-order valence-corrected chi connectivity index (χ4v) is 2.31. The lowest BCUT2D eigenvalue weighted by molar-refractivity contribution is -0.136. The maximum atomic E-state index is 10.8. The van der Waals surface area contributed by atoms with E-state index in [0.717, 1.165) is 5.69 Å². The second-order valence-electron chi connectivity index (χ2n) is 4.13. The summed E-state index contributed by atoms with van der Waals surface area (Å²) in [5, 5.41) is 16.3. The Hall–Kier alpha value is -2.35. The highest BCUT2D eigenvalue weighted by molar-refractivity contribution is 9.10. The molecule has 3 heterocycles. The molecule has 0 aromatic carbocycles. The molecule has 7 nitrogen and oxygen atoms in total. The molecule has 20 heavy (non-hydrogen) atoms. The van der Waals surface area contributed by atoms with Crippen molar-refractivity contribution in [3.8, 4) is 0 Å². The third-order valence-electron chi connectivity index (χ3n) is 2.68. The summed E-state index contributed by atoms with van der Waals surface area (Å²) >= 11 is 3.33. The number of fused-ring (bicyclic) bond motifs is 1. The first-order valence-electron chi connectivity index (χ1n) is 5.79. The minimum absolute atomic E-state index is 0.148. The molecule has 0 unspecified atom stereocenters. The number of nitrogens with one attached hydrogen (secondary N) is 2. The first-order valence-corrected chi connectivity index (χ1v) is 6.58. The summed E-state index contributed by atoms with van der Waals surface area (Å²) < 4.78 is 2.11. The Kier molecular flexibility index (Phi) is 3.15. The van der Waals surface area contributed by atoms with Crippen molar-refractivity contribution in [1.82, 2.24) is 19.6 Å². The normalized spacial score (nSPS) is 10.8. The van der Waals surface area contributed by atoms with Gasteiger partial charge in [0.15, 0.2) is 11.5 Å². The van der Waals surface area contributed by atoms with E-state index >= 15 is 0 Å². The number of aromatic nitrogens is 4. The lowest BCUT2D eigenvalue weighted by Gasteiger charge is -2.03. The van der Waals surface area contributed by atoms with Crippen LogP contribution in [0.5, 0.6) is 0 Å². The zero-order valence-corrected chi connectivity index (χ0v) is 11.8. The van der Waals surface area contributed by atoms with Crippen molar-refractivity contribution in [2.75, 3.05) is 5.32 Å². The van der Waals surface area contributed by atoms with Gasteiger partial charge in [-0.3, -0.25) is 4.79 Å². The predicted molar refractivity (Wildman–Crippen MR) is 76.1 cm³/mol. The summed E-state index contributed by atoms with van der Waals surface area (Å²) in [7, 11) is 0. The molecule has 0 bridgehead atoms. The van der Waals surface area contributed by atoms with E-state index in [0.29, 0.717) is 21.8 Å². The zero-order chi connectivity index (χ0) is 14.1. The molecule has 0 aliphatic carbocycles. The number of carboxylic acid groups (broad SMARTS) is 1. The Balaban J connectivity index is 1.98. The second kappa shape index (κ2) is 4.97. The van der Waals surface area contributed by atoms with E-state index in [1.165, 1.54) is 0 Å². The lowest BCUT2D eigenvalue weighted by atomic mass is 10.3. The van der Waals surface area contributed by atoms with Crippen LogP contribution >= 0.6 is 15.9 Å². The molecule has 3 rings (SSSR count). The number of carboxylic acids is 1. The summed E-state index contributed by atoms with van der Waals surface area (Å²) in [6, 6.07) is 5.44. The SMILES string of the molecule is O=C(O)Cc1nc2ccc(Nc3cc[nH]c3)nn2c1Br. The molecular formula is C12H10BrN5O2. The fraction of sp³-hybridized carbons (Fsp3) is 0.0833. The summed E-state index contributed by atoms with van der Waals surface area (Å²) in [4.78, 5) is 17.9. The van der Waals surface area contributed by atoms with E-state index in [4.69, 9.17) is 5.11 Å². The smallest absolute Gasteiger partial charge is 0.309 e. The van der Waals surface area contributed by atoms with Gasteiger partial charge in [-0.1, -0.05) is 0 Å². The van der Waals surface area contributed by atoms with Gasteiger partial charge in [-0.25, -0.2) is 9.50 Å². The number of anilines is 2. The standard InChI is InChI=1S/C12H10BrN5O2/c13-12-8(5-11(19)20)16-10-2-1-9(17-18(10)12)15-7-3-4-14-6-7/h1-4,6,14H,5H2,(H,15,17)(H,19,20). The van der Waals surface area contributed by atoms with Crippen LogP contribution < -0.4 is 5.32 Å². The number of hydrogen-bond acceptors (Lipinski definition) is 4. The van der Waals surface area contributed by atoms with Crippen LogP contribution in [0.3, 0.4) is 0 Å². The van der Waals surface area contributed by atoms with Gasteiger partial charge in [0.1, 0.15) is 4.60 Å². The molecule has 0 atom stereocenters. The minimum Gasteiger partial charge on any atom is -0.481 e. The van der Waals surface area contributed by atoms with Crippen LogP contribution in [0, 0.1) is 0 Å². The van der Waals surface area contributed by atoms with Crippen molar-refractivity contribution in [3.05, 3.63) is 40.9 Å². The number of H-pyrrole nitrogens is 1. The second-order valence-corrected chi connectivity index (χ2v) is 4.88. The molecule has 0 saturated heterocycles. The predicted octanol–water partition coefficient (Wildman–Crippen LogP) is 2.19. The van der Waals surface area contributed by atoms with Gasteiger partial charge in [-0.15, -0.1) is 5.10 Å². The number of halogens is 1. The third kappa shape index (κ3) is 2.37. The molecule has 0 aliphatic heterocycles. The van der Waals surface area contributed by atoms with Crippen molar-refractivity contribution in [2.24, 2.45) is 0 Å². The molecule has 3 N–H and O–H groups in total. The third-order valence-corrected chi connectivity index (χ3v) is 3.47. The molecular weight excluding hydrogens is 326 g/mol. The van der Waals surface area contributed by atoms with Crippen molar-refractivity contribution in [3.63, 3.8) is 0 Å². The van der Waals surface area contributed by atoms with E-state index < -0.39 is 5.97 Å². The number of aromatic amines is 1. The maximum absolute atomic E-state index is 10.8. The number of rotatable bonds is 4. The Morgan fingerprint density at radius 2 is 2.30 bits per heavy atom. The average Bonchev–Trinajstić information content (AvgIpc) is 3.00. The summed E-state index contributed by atoms with van der Waals surface area (Å²) in [5.41, 5.74) is 1.93. The molecule has 0 amide bonds. The monoisotopic (exact) mass is 335 g/mol. The average molecular weight is 336 g/mol. The van der Waals surface area contributed by atoms with Crippen LogP contribution in [0.15, 0.2) is 35.2 Å². The number of imidazole rings is 1. The van der Waals surface area contributed by atoms with E-state index in [1.807, 2.05) is 12.3 Å². The van der Waals surface area contributed by atoms with E-state index in [2.05, 4.69) is 36.3 Å². The quantitative estimate of drug-likeness (QED) is 0.679. The number of hydrogen-bond donors (Lipinski definition) is 3. The molecule has 0 saturated carbocycles. The molecule has 0 aliphatic rings. The van der Waals surface area contributed by atoms with Crippen molar-refractivity contribution in [1.29, 1.82) is 0 Å². The van der Waals surface area contributed by atoms with Crippen molar-refractivity contribution < 1.29 is 9.90 Å². The first kappa shape index (κ1) is 12.7. The van der Waals surface area contributed by atoms with Crippen LogP contribution in [0.1, 0.15) is 5.69 Å². The van der Waals surface area contributed by atoms with Gasteiger partial charge in [0.2, 0.25) is 0 Å². The highest BCUT2D eigenvalue weighted by atomic mass is 79.9. The summed E-state index contributed by atoms with van der Waals surface area (Å²) in [6.45, 7) is 0. The van der Waals surface area contributed by atoms with Gasteiger partial charge in [0, 0.05) is 12.4 Å². The Labute approximate surface area is 121 Å². The van der Waals surface area contributed by atoms with E-state index in [1.54, 1.807) is 22.8 Å². The maximum Gasteiger partial charge on any atom is 0.309 e. The fourth-order valence-electron chi connectivity index (χ4n) is 1.82. The van der Waals surface area contributed by atoms with Gasteiger partial charge < -0.3 is 15.4 Å². The molecule has 102 valence electrons. The molecule has 3 aromatic heterocycles. The van der Waals surface area contributed by atoms with Gasteiger partial charge >= 0.3 is 5.97 Å². The Bertz CT molecular complexity index is 766.